The molecule has 2 nitrogen and oxygen atoms in total. The summed E-state index contributed by atoms with van der Waals surface area (Å²) >= 11 is 0. The second-order valence-electron chi connectivity index (χ2n) is 1.68. The molecule has 48 valence electrons. The molecule has 1 N–H and O–H groups in total. The fourth-order valence-corrected chi connectivity index (χ4v) is 0.569. The third-order valence-electron chi connectivity index (χ3n) is 0.977. The van der Waals surface area contributed by atoms with Gasteiger partial charge in [-0.25, -0.2) is 4.39 Å². The number of nitrogens with one attached hydrogen (secondary N) is 1. The second-order valence-corrected chi connectivity index (χ2v) is 1.68. The Kier molecular flexibility index (Phi) is 1.63. The number of hydrogen-bond acceptors (Lipinski definition) is 1. The largest absolute Gasteiger partial charge is 0.363 e. The first-order valence-electron chi connectivity index (χ1n) is 2.56. The number of aromatic amines is 1. The second kappa shape index (κ2) is 2.44. The molecule has 0 amide bonds. The van der Waals surface area contributed by atoms with Crippen LogP contribution in [0.5, 0.6) is 0 Å². The Morgan fingerprint density at radius 1 is 1.67 bits per heavy atom. The molecule has 0 spiro atoms. The summed E-state index contributed by atoms with van der Waals surface area (Å²) in [5, 5.41) is 0. The molecule has 0 bridgehead atoms. The van der Waals surface area contributed by atoms with Gasteiger partial charge in [-0.2, -0.15) is 0 Å². The van der Waals surface area contributed by atoms with Crippen LogP contribution in [0.25, 0.3) is 0 Å². The van der Waals surface area contributed by atoms with Gasteiger partial charge in [-0.15, -0.1) is 0 Å². The summed E-state index contributed by atoms with van der Waals surface area (Å²) in [4.78, 5) is 13.0. The molecule has 1 aromatic rings. The molecule has 0 aliphatic carbocycles. The third kappa shape index (κ3) is 1.38. The molecule has 1 aromatic heterocycles. The van der Waals surface area contributed by atoms with Crippen molar-refractivity contribution in [2.45, 2.75) is 6.67 Å². The van der Waals surface area contributed by atoms with E-state index >= 15 is 0 Å². The van der Waals surface area contributed by atoms with E-state index in [1.54, 1.807) is 0 Å². The standard InChI is InChI=1S/C6H6FNO/c7-4-5-3-6(9)1-2-8-5/h1-3H,4H2,(H,8,9). The first-order chi connectivity index (χ1) is 4.33. The van der Waals surface area contributed by atoms with Crippen molar-refractivity contribution >= 4 is 0 Å². The zero-order valence-corrected chi connectivity index (χ0v) is 4.73. The Labute approximate surface area is 51.3 Å². The summed E-state index contributed by atoms with van der Waals surface area (Å²) in [6.45, 7) is -0.615. The number of halogens is 1. The predicted octanol–water partition coefficient (Wildman–Crippen LogP) is 0.844. The van der Waals surface area contributed by atoms with Gasteiger partial charge in [0.2, 0.25) is 0 Å². The SMILES string of the molecule is O=c1cc[nH]c(CF)c1. The summed E-state index contributed by atoms with van der Waals surface area (Å²) in [7, 11) is 0. The molecule has 3 heteroatoms. The van der Waals surface area contributed by atoms with E-state index in [1.807, 2.05) is 0 Å². The van der Waals surface area contributed by atoms with Crippen LogP contribution in [-0.2, 0) is 6.67 Å². The molecular weight excluding hydrogens is 121 g/mol. The van der Waals surface area contributed by atoms with Gasteiger partial charge in [-0.05, 0) is 0 Å². The van der Waals surface area contributed by atoms with Gasteiger partial charge in [-0.3, -0.25) is 4.79 Å². The molecule has 0 aliphatic heterocycles. The van der Waals surface area contributed by atoms with E-state index in [-0.39, 0.29) is 5.43 Å². The minimum atomic E-state index is -0.615. The lowest BCUT2D eigenvalue weighted by Gasteiger charge is -1.88. The summed E-state index contributed by atoms with van der Waals surface area (Å²) in [6, 6.07) is 2.58. The third-order valence-corrected chi connectivity index (χ3v) is 0.977. The highest BCUT2D eigenvalue weighted by molar-refractivity contribution is 5.02. The Morgan fingerprint density at radius 3 is 2.89 bits per heavy atom. The highest BCUT2D eigenvalue weighted by Gasteiger charge is 1.88. The number of hydrogen-bond donors (Lipinski definition) is 1. The van der Waals surface area contributed by atoms with Gasteiger partial charge in [0.15, 0.2) is 5.43 Å². The maximum absolute atomic E-state index is 11.7. The fraction of sp³-hybridized carbons (Fsp3) is 0.167. The van der Waals surface area contributed by atoms with Crippen LogP contribution in [0.2, 0.25) is 0 Å². The maximum atomic E-state index is 11.7. The van der Waals surface area contributed by atoms with Crippen LogP contribution < -0.4 is 5.43 Å². The summed E-state index contributed by atoms with van der Waals surface area (Å²) < 4.78 is 11.7. The van der Waals surface area contributed by atoms with E-state index in [9.17, 15) is 9.18 Å². The summed E-state index contributed by atoms with van der Waals surface area (Å²) in [6.07, 6.45) is 1.43. The number of rotatable bonds is 1. The Morgan fingerprint density at radius 2 is 2.44 bits per heavy atom. The fourth-order valence-electron chi connectivity index (χ4n) is 0.569. The van der Waals surface area contributed by atoms with Crippen LogP contribution >= 0.6 is 0 Å². The number of aromatic nitrogens is 1. The van der Waals surface area contributed by atoms with Crippen LogP contribution in [0.15, 0.2) is 23.1 Å². The van der Waals surface area contributed by atoms with Crippen molar-refractivity contribution in [1.82, 2.24) is 4.98 Å². The molecule has 0 radical (unpaired) electrons. The average molecular weight is 127 g/mol. The quantitative estimate of drug-likeness (QED) is 0.595. The first kappa shape index (κ1) is 6.01. The van der Waals surface area contributed by atoms with E-state index in [0.717, 1.165) is 0 Å². The van der Waals surface area contributed by atoms with Crippen LogP contribution in [0, 0.1) is 0 Å². The molecule has 1 rings (SSSR count). The highest BCUT2D eigenvalue weighted by atomic mass is 19.1. The van der Waals surface area contributed by atoms with Crippen molar-refractivity contribution < 1.29 is 4.39 Å². The van der Waals surface area contributed by atoms with E-state index in [0.29, 0.717) is 5.69 Å². The Balaban J connectivity index is 3.08. The minimum Gasteiger partial charge on any atom is -0.363 e. The zero-order chi connectivity index (χ0) is 6.69. The van der Waals surface area contributed by atoms with E-state index in [1.165, 1.54) is 18.3 Å². The number of H-pyrrole nitrogens is 1. The van der Waals surface area contributed by atoms with Crippen LogP contribution in [-0.4, -0.2) is 4.98 Å². The van der Waals surface area contributed by atoms with Gasteiger partial charge >= 0.3 is 0 Å². The normalized spacial score (nSPS) is 9.44. The molecular formula is C6H6FNO. The van der Waals surface area contributed by atoms with E-state index in [4.69, 9.17) is 0 Å². The molecule has 0 atom stereocenters. The summed E-state index contributed by atoms with van der Waals surface area (Å²) in [5.41, 5.74) is 0.156. The highest BCUT2D eigenvalue weighted by Crippen LogP contribution is 1.89. The van der Waals surface area contributed by atoms with Gasteiger partial charge in [0.25, 0.3) is 0 Å². The van der Waals surface area contributed by atoms with Crippen molar-refractivity contribution in [3.63, 3.8) is 0 Å². The first-order valence-corrected chi connectivity index (χ1v) is 2.56. The predicted molar refractivity (Wildman–Crippen MR) is 31.9 cm³/mol. The molecule has 0 aliphatic rings. The van der Waals surface area contributed by atoms with Crippen molar-refractivity contribution in [3.05, 3.63) is 34.2 Å². The van der Waals surface area contributed by atoms with Crippen molar-refractivity contribution in [2.75, 3.05) is 0 Å². The van der Waals surface area contributed by atoms with E-state index in [2.05, 4.69) is 4.98 Å². The molecule has 1 heterocycles. The topological polar surface area (TPSA) is 32.9 Å². The van der Waals surface area contributed by atoms with E-state index < -0.39 is 6.67 Å². The lowest BCUT2D eigenvalue weighted by molar-refractivity contribution is 0.476. The van der Waals surface area contributed by atoms with Gasteiger partial charge in [0, 0.05) is 18.3 Å². The lowest BCUT2D eigenvalue weighted by atomic mass is 10.4. The van der Waals surface area contributed by atoms with Crippen LogP contribution in [0.1, 0.15) is 5.69 Å². The Hall–Kier alpha value is -1.12. The molecule has 9 heavy (non-hydrogen) atoms. The Bertz CT molecular complexity index is 243. The van der Waals surface area contributed by atoms with Gasteiger partial charge < -0.3 is 4.98 Å². The van der Waals surface area contributed by atoms with Gasteiger partial charge in [0.1, 0.15) is 6.67 Å². The maximum Gasteiger partial charge on any atom is 0.181 e. The van der Waals surface area contributed by atoms with Gasteiger partial charge in [-0.1, -0.05) is 0 Å². The van der Waals surface area contributed by atoms with Crippen molar-refractivity contribution in [3.8, 4) is 0 Å². The monoisotopic (exact) mass is 127 g/mol. The van der Waals surface area contributed by atoms with Gasteiger partial charge in [0.05, 0.1) is 5.69 Å². The minimum absolute atomic E-state index is 0.165. The molecule has 0 saturated carbocycles. The van der Waals surface area contributed by atoms with Crippen molar-refractivity contribution in [2.24, 2.45) is 0 Å². The molecule has 0 aromatic carbocycles. The van der Waals surface area contributed by atoms with Crippen LogP contribution in [0.4, 0.5) is 4.39 Å². The van der Waals surface area contributed by atoms with Crippen LogP contribution in [0.3, 0.4) is 0 Å². The van der Waals surface area contributed by atoms with Crippen molar-refractivity contribution in [1.29, 1.82) is 0 Å². The molecule has 0 fully saturated rings. The molecule has 0 unspecified atom stereocenters. The number of pyridine rings is 1. The number of alkyl halides is 1. The molecule has 0 saturated heterocycles. The average Bonchev–Trinajstić information content (AvgIpc) is 1.88. The smallest absolute Gasteiger partial charge is 0.181 e. The zero-order valence-electron chi connectivity index (χ0n) is 4.73. The summed E-state index contributed by atoms with van der Waals surface area (Å²) in [5.74, 6) is 0. The lowest BCUT2D eigenvalue weighted by Crippen LogP contribution is -1.99.